The molecule has 186 valence electrons. The molecule has 12 atom stereocenters. The Balaban J connectivity index is 1.51. The van der Waals surface area contributed by atoms with Gasteiger partial charge in [-0.25, -0.2) is 0 Å². The summed E-state index contributed by atoms with van der Waals surface area (Å²) in [6, 6.07) is 0. The second-order valence-electron chi connectivity index (χ2n) is 14.9. The average Bonchev–Trinajstić information content (AvgIpc) is 3.05. The summed E-state index contributed by atoms with van der Waals surface area (Å²) in [5, 5.41) is 22.8. The van der Waals surface area contributed by atoms with Gasteiger partial charge in [-0.1, -0.05) is 60.6 Å². The number of aliphatic hydroxyl groups is 2. The molecular weight excluding hydrogens is 408 g/mol. The van der Waals surface area contributed by atoms with Crippen LogP contribution in [0, 0.1) is 56.7 Å². The third-order valence-electron chi connectivity index (χ3n) is 13.9. The highest BCUT2D eigenvalue weighted by Crippen LogP contribution is 2.79. The SMILES string of the molecule is C[C@H]1[C@H](C)CC[C@@]23CO[C@]4(C=C[C@H]5[C@]6(C)CC[C@@H](O)C(C)(C)[C@@H]6CC[C@@]5(C)[C@@]4(C)C[C@H]2O)[C@H]13. The Bertz CT molecular complexity index is 880. The monoisotopic (exact) mass is 456 g/mol. The molecule has 4 saturated carbocycles. The number of aliphatic hydroxyl groups excluding tert-OH is 2. The summed E-state index contributed by atoms with van der Waals surface area (Å²) in [4.78, 5) is 0. The maximum atomic E-state index is 11.9. The van der Waals surface area contributed by atoms with E-state index in [1.165, 1.54) is 12.8 Å². The van der Waals surface area contributed by atoms with Gasteiger partial charge in [-0.2, -0.15) is 0 Å². The largest absolute Gasteiger partial charge is 0.393 e. The zero-order chi connectivity index (χ0) is 23.8. The second kappa shape index (κ2) is 6.48. The summed E-state index contributed by atoms with van der Waals surface area (Å²) in [5.41, 5.74) is -0.168. The third-order valence-corrected chi connectivity index (χ3v) is 13.9. The van der Waals surface area contributed by atoms with Gasteiger partial charge in [0.1, 0.15) is 0 Å². The van der Waals surface area contributed by atoms with Crippen molar-refractivity contribution in [1.29, 1.82) is 0 Å². The van der Waals surface area contributed by atoms with Crippen LogP contribution in [0.4, 0.5) is 0 Å². The lowest BCUT2D eigenvalue weighted by atomic mass is 9.31. The summed E-state index contributed by atoms with van der Waals surface area (Å²) in [7, 11) is 0. The molecule has 0 amide bonds. The highest BCUT2D eigenvalue weighted by molar-refractivity contribution is 5.36. The first-order valence-corrected chi connectivity index (χ1v) is 14.0. The lowest BCUT2D eigenvalue weighted by Crippen LogP contribution is -2.73. The Hall–Kier alpha value is -0.380. The normalized spacial score (nSPS) is 63.2. The standard InChI is InChI=1S/C30H48O3/c1-18-8-14-29-17-33-30(24(29)19(18)2)15-10-21-26(5)12-11-22(31)25(3,4)20(26)9-13-27(21,6)28(30,7)16-23(29)32/h10,15,18-24,31-32H,8-9,11-14,16-17H2,1-7H3/t18-,19+,20+,21+,22-,23-,24-,26-,27-,28-,29-,30-/m1/s1. The average molecular weight is 457 g/mol. The van der Waals surface area contributed by atoms with E-state index in [1.54, 1.807) is 0 Å². The minimum absolute atomic E-state index is 0.0450. The number of hydrogen-bond acceptors (Lipinski definition) is 3. The van der Waals surface area contributed by atoms with Crippen molar-refractivity contribution in [3.05, 3.63) is 12.2 Å². The Kier molecular flexibility index (Phi) is 4.53. The molecule has 0 aromatic heterocycles. The van der Waals surface area contributed by atoms with Crippen molar-refractivity contribution in [2.45, 2.75) is 111 Å². The fraction of sp³-hybridized carbons (Fsp3) is 0.933. The summed E-state index contributed by atoms with van der Waals surface area (Å²) in [5.74, 6) is 2.65. The molecule has 2 N–H and O–H groups in total. The minimum atomic E-state index is -0.266. The van der Waals surface area contributed by atoms with E-state index in [4.69, 9.17) is 4.74 Å². The molecule has 6 rings (SSSR count). The molecule has 5 aliphatic carbocycles. The van der Waals surface area contributed by atoms with Crippen LogP contribution in [-0.4, -0.2) is 34.6 Å². The quantitative estimate of drug-likeness (QED) is 0.441. The van der Waals surface area contributed by atoms with Crippen LogP contribution in [0.5, 0.6) is 0 Å². The molecule has 33 heavy (non-hydrogen) atoms. The summed E-state index contributed by atoms with van der Waals surface area (Å²) >= 11 is 0. The van der Waals surface area contributed by atoms with Crippen molar-refractivity contribution in [3.63, 3.8) is 0 Å². The maximum absolute atomic E-state index is 11.9. The summed E-state index contributed by atoms with van der Waals surface area (Å²) in [6.45, 7) is 17.8. The van der Waals surface area contributed by atoms with Crippen LogP contribution in [-0.2, 0) is 4.74 Å². The Morgan fingerprint density at radius 3 is 2.33 bits per heavy atom. The van der Waals surface area contributed by atoms with E-state index in [2.05, 4.69) is 60.6 Å². The lowest BCUT2D eigenvalue weighted by molar-refractivity contribution is -0.260. The first-order valence-electron chi connectivity index (χ1n) is 14.0. The molecule has 2 bridgehead atoms. The fourth-order valence-electron chi connectivity index (χ4n) is 11.6. The van der Waals surface area contributed by atoms with Gasteiger partial charge in [0.15, 0.2) is 0 Å². The maximum Gasteiger partial charge on any atom is 0.0960 e. The van der Waals surface area contributed by atoms with Crippen molar-refractivity contribution in [1.82, 2.24) is 0 Å². The predicted octanol–water partition coefficient (Wildman–Crippen LogP) is 5.98. The lowest BCUT2D eigenvalue weighted by Gasteiger charge is -2.73. The fourth-order valence-corrected chi connectivity index (χ4v) is 11.6. The number of ether oxygens (including phenoxy) is 1. The van der Waals surface area contributed by atoms with Crippen LogP contribution in [0.15, 0.2) is 12.2 Å². The van der Waals surface area contributed by atoms with E-state index in [0.29, 0.717) is 29.6 Å². The minimum Gasteiger partial charge on any atom is -0.393 e. The molecule has 0 aromatic carbocycles. The smallest absolute Gasteiger partial charge is 0.0960 e. The number of fused-ring (bicyclic) bond motifs is 4. The molecule has 0 aromatic rings. The van der Waals surface area contributed by atoms with Crippen molar-refractivity contribution in [3.8, 4) is 0 Å². The number of rotatable bonds is 0. The van der Waals surface area contributed by atoms with Crippen LogP contribution >= 0.6 is 0 Å². The van der Waals surface area contributed by atoms with E-state index >= 15 is 0 Å². The van der Waals surface area contributed by atoms with Gasteiger partial charge in [-0.15, -0.1) is 0 Å². The van der Waals surface area contributed by atoms with Gasteiger partial charge in [-0.05, 0) is 84.9 Å². The molecular formula is C30H48O3. The van der Waals surface area contributed by atoms with E-state index in [-0.39, 0.29) is 44.9 Å². The Labute approximate surface area is 201 Å². The van der Waals surface area contributed by atoms with Crippen LogP contribution in [0.3, 0.4) is 0 Å². The van der Waals surface area contributed by atoms with E-state index < -0.39 is 0 Å². The first-order chi connectivity index (χ1) is 15.3. The van der Waals surface area contributed by atoms with Crippen LogP contribution < -0.4 is 0 Å². The second-order valence-corrected chi connectivity index (χ2v) is 14.9. The van der Waals surface area contributed by atoms with Gasteiger partial charge in [0, 0.05) is 16.7 Å². The van der Waals surface area contributed by atoms with E-state index in [0.717, 1.165) is 38.7 Å². The van der Waals surface area contributed by atoms with Crippen LogP contribution in [0.1, 0.15) is 93.4 Å². The van der Waals surface area contributed by atoms with Crippen LogP contribution in [0.2, 0.25) is 0 Å². The highest BCUT2D eigenvalue weighted by atomic mass is 16.5. The Morgan fingerprint density at radius 2 is 1.61 bits per heavy atom. The molecule has 5 fully saturated rings. The Morgan fingerprint density at radius 1 is 0.879 bits per heavy atom. The molecule has 3 nitrogen and oxygen atoms in total. The third kappa shape index (κ3) is 2.31. The van der Waals surface area contributed by atoms with Crippen molar-refractivity contribution in [2.24, 2.45) is 56.7 Å². The first kappa shape index (κ1) is 23.0. The predicted molar refractivity (Wildman–Crippen MR) is 131 cm³/mol. The van der Waals surface area contributed by atoms with Crippen molar-refractivity contribution in [2.75, 3.05) is 6.61 Å². The van der Waals surface area contributed by atoms with E-state index in [9.17, 15) is 10.2 Å². The molecule has 0 unspecified atom stereocenters. The number of hydrogen-bond donors (Lipinski definition) is 2. The highest BCUT2D eigenvalue weighted by Gasteiger charge is 2.79. The number of allylic oxidation sites excluding steroid dienone is 1. The van der Waals surface area contributed by atoms with Gasteiger partial charge in [0.25, 0.3) is 0 Å². The molecule has 1 spiro atoms. The van der Waals surface area contributed by atoms with Crippen molar-refractivity contribution < 1.29 is 14.9 Å². The zero-order valence-corrected chi connectivity index (χ0v) is 22.2. The summed E-state index contributed by atoms with van der Waals surface area (Å²) < 4.78 is 7.05. The van der Waals surface area contributed by atoms with Crippen molar-refractivity contribution >= 4 is 0 Å². The zero-order valence-electron chi connectivity index (χ0n) is 22.2. The molecule has 1 saturated heterocycles. The van der Waals surface area contributed by atoms with Crippen LogP contribution in [0.25, 0.3) is 0 Å². The van der Waals surface area contributed by atoms with Gasteiger partial charge in [0.05, 0.1) is 24.4 Å². The molecule has 6 aliphatic rings. The molecule has 1 heterocycles. The molecule has 3 heteroatoms. The van der Waals surface area contributed by atoms with Gasteiger partial charge < -0.3 is 14.9 Å². The van der Waals surface area contributed by atoms with E-state index in [1.807, 2.05) is 0 Å². The topological polar surface area (TPSA) is 49.7 Å². The molecule has 1 aliphatic heterocycles. The van der Waals surface area contributed by atoms with Gasteiger partial charge >= 0.3 is 0 Å². The summed E-state index contributed by atoms with van der Waals surface area (Å²) in [6.07, 6.45) is 12.2. The van der Waals surface area contributed by atoms with Gasteiger partial charge in [-0.3, -0.25) is 0 Å². The van der Waals surface area contributed by atoms with Gasteiger partial charge in [0.2, 0.25) is 0 Å². The molecule has 0 radical (unpaired) electrons.